The molecule has 4 aromatic carbocycles. The van der Waals surface area contributed by atoms with Gasteiger partial charge < -0.3 is 29.3 Å². The molecular formula is C46H51N3O6. The number of aliphatic hydroxyl groups excluding tert-OH is 1. The maximum atomic E-state index is 15.2. The van der Waals surface area contributed by atoms with Crippen molar-refractivity contribution in [2.24, 2.45) is 11.8 Å². The van der Waals surface area contributed by atoms with Gasteiger partial charge in [0.1, 0.15) is 5.75 Å². The number of carbonyl (C=O) groups is 3. The first kappa shape index (κ1) is 37.0. The van der Waals surface area contributed by atoms with Crippen molar-refractivity contribution in [2.75, 3.05) is 30.1 Å². The Morgan fingerprint density at radius 1 is 0.927 bits per heavy atom. The second-order valence-electron chi connectivity index (χ2n) is 16.3. The van der Waals surface area contributed by atoms with Crippen LogP contribution in [0.2, 0.25) is 0 Å². The standard InChI is InChI=1S/C46H51N3O6/c1-30-43(45(2,3)34-18-22-37(54-4)23-19-34)40(26-42(52)48-28-33-12-6-5-11-32(33)25-36(48)29-50)55-46(30)38-13-7-8-14-39(38)49(44(46)53)27-31-16-20-35(21-17-31)47-24-10-9-15-41(47)51/h5-8,11-14,16-23,30,36,40,43,50H,9-10,15,24-29H2,1-4H3/t30-,36-,40+,43-,46+/m0/s1. The average Bonchev–Trinajstić information content (AvgIpc) is 3.63. The second-order valence-corrected chi connectivity index (χ2v) is 16.3. The molecule has 1 N–H and O–H groups in total. The van der Waals surface area contributed by atoms with Gasteiger partial charge in [0.15, 0.2) is 5.60 Å². The Bertz CT molecular complexity index is 2080. The first-order valence-electron chi connectivity index (χ1n) is 19.7. The van der Waals surface area contributed by atoms with Gasteiger partial charge in [0, 0.05) is 42.6 Å². The van der Waals surface area contributed by atoms with Crippen LogP contribution < -0.4 is 14.5 Å². The fraction of sp³-hybridized carbons (Fsp3) is 0.413. The topological polar surface area (TPSA) is 99.6 Å². The summed E-state index contributed by atoms with van der Waals surface area (Å²) in [5.74, 6) is 0.111. The molecular weight excluding hydrogens is 691 g/mol. The molecule has 0 bridgehead atoms. The third kappa shape index (κ3) is 6.31. The van der Waals surface area contributed by atoms with E-state index in [1.54, 1.807) is 12.0 Å². The van der Waals surface area contributed by atoms with Crippen molar-refractivity contribution in [2.45, 2.75) is 89.1 Å². The Labute approximate surface area is 323 Å². The largest absolute Gasteiger partial charge is 0.497 e. The number of aliphatic hydroxyl groups is 1. The third-order valence-electron chi connectivity index (χ3n) is 12.9. The van der Waals surface area contributed by atoms with E-state index in [9.17, 15) is 14.7 Å². The normalized spacial score (nSPS) is 25.0. The van der Waals surface area contributed by atoms with Crippen molar-refractivity contribution < 1.29 is 29.0 Å². The molecule has 286 valence electrons. The highest BCUT2D eigenvalue weighted by atomic mass is 16.5. The van der Waals surface area contributed by atoms with Gasteiger partial charge in [-0.2, -0.15) is 0 Å². The van der Waals surface area contributed by atoms with E-state index in [-0.39, 0.29) is 48.6 Å². The molecule has 0 radical (unpaired) electrons. The van der Waals surface area contributed by atoms with Crippen LogP contribution in [0.4, 0.5) is 11.4 Å². The van der Waals surface area contributed by atoms with Crippen molar-refractivity contribution in [3.8, 4) is 5.75 Å². The van der Waals surface area contributed by atoms with Crippen molar-refractivity contribution in [1.82, 2.24) is 4.90 Å². The molecule has 4 heterocycles. The molecule has 2 fully saturated rings. The lowest BCUT2D eigenvalue weighted by molar-refractivity contribution is -0.151. The number of methoxy groups -OCH3 is 1. The monoisotopic (exact) mass is 741 g/mol. The summed E-state index contributed by atoms with van der Waals surface area (Å²) in [7, 11) is 1.65. The van der Waals surface area contributed by atoms with E-state index in [1.165, 1.54) is 0 Å². The molecule has 55 heavy (non-hydrogen) atoms. The molecule has 4 aliphatic heterocycles. The van der Waals surface area contributed by atoms with Gasteiger partial charge in [0.25, 0.3) is 5.91 Å². The van der Waals surface area contributed by atoms with Gasteiger partial charge in [-0.3, -0.25) is 14.4 Å². The number of anilines is 2. The zero-order chi connectivity index (χ0) is 38.5. The molecule has 9 nitrogen and oxygen atoms in total. The Hall–Kier alpha value is -4.99. The van der Waals surface area contributed by atoms with E-state index in [1.807, 2.05) is 88.7 Å². The number of ether oxygens (including phenoxy) is 2. The van der Waals surface area contributed by atoms with Crippen LogP contribution in [-0.2, 0) is 49.6 Å². The van der Waals surface area contributed by atoms with Crippen molar-refractivity contribution in [3.63, 3.8) is 0 Å². The average molecular weight is 742 g/mol. The highest BCUT2D eigenvalue weighted by Gasteiger charge is 2.66. The summed E-state index contributed by atoms with van der Waals surface area (Å²) >= 11 is 0. The molecule has 2 saturated heterocycles. The summed E-state index contributed by atoms with van der Waals surface area (Å²) in [5, 5.41) is 10.5. The molecule has 0 aliphatic carbocycles. The molecule has 8 rings (SSSR count). The van der Waals surface area contributed by atoms with Gasteiger partial charge in [-0.1, -0.05) is 87.5 Å². The van der Waals surface area contributed by atoms with Gasteiger partial charge >= 0.3 is 0 Å². The van der Waals surface area contributed by atoms with Crippen LogP contribution >= 0.6 is 0 Å². The van der Waals surface area contributed by atoms with Crippen LogP contribution in [0.5, 0.6) is 5.75 Å². The lowest BCUT2D eigenvalue weighted by Gasteiger charge is -2.40. The molecule has 5 atom stereocenters. The van der Waals surface area contributed by atoms with Crippen LogP contribution in [0.3, 0.4) is 0 Å². The van der Waals surface area contributed by atoms with Crippen LogP contribution in [0, 0.1) is 11.8 Å². The summed E-state index contributed by atoms with van der Waals surface area (Å²) in [6.07, 6.45) is 2.54. The van der Waals surface area contributed by atoms with E-state index in [0.29, 0.717) is 25.9 Å². The van der Waals surface area contributed by atoms with Gasteiger partial charge in [-0.05, 0) is 77.3 Å². The molecule has 1 spiro atoms. The molecule has 4 aliphatic rings. The first-order chi connectivity index (χ1) is 26.6. The maximum Gasteiger partial charge on any atom is 0.264 e. The van der Waals surface area contributed by atoms with Crippen LogP contribution in [0.15, 0.2) is 97.1 Å². The number of amides is 3. The Kier molecular flexibility index (Phi) is 9.80. The number of piperidine rings is 1. The van der Waals surface area contributed by atoms with Gasteiger partial charge in [-0.25, -0.2) is 0 Å². The molecule has 3 amide bonds. The fourth-order valence-corrected chi connectivity index (χ4v) is 10.00. The number of carbonyl (C=O) groups excluding carboxylic acids is 3. The number of hydrogen-bond acceptors (Lipinski definition) is 6. The summed E-state index contributed by atoms with van der Waals surface area (Å²) in [4.78, 5) is 47.8. The van der Waals surface area contributed by atoms with Gasteiger partial charge in [-0.15, -0.1) is 0 Å². The van der Waals surface area contributed by atoms with E-state index in [4.69, 9.17) is 9.47 Å². The number of benzene rings is 4. The zero-order valence-electron chi connectivity index (χ0n) is 32.2. The quantitative estimate of drug-likeness (QED) is 0.200. The predicted octanol–water partition coefficient (Wildman–Crippen LogP) is 6.92. The van der Waals surface area contributed by atoms with Crippen LogP contribution in [-0.4, -0.2) is 60.1 Å². The minimum absolute atomic E-state index is 0.0706. The molecule has 0 saturated carbocycles. The summed E-state index contributed by atoms with van der Waals surface area (Å²) in [5.41, 5.74) is 4.89. The maximum absolute atomic E-state index is 15.2. The molecule has 4 aromatic rings. The second kappa shape index (κ2) is 14.6. The SMILES string of the molecule is COc1ccc(C(C)(C)[C@@H]2[C@@H](CC(=O)N3Cc4ccccc4C[C@H]3CO)O[C@]3(C(=O)N(Cc4ccc(N5CCCCC5=O)cc4)c4ccccc43)[C@H]2C)cc1. The Balaban J connectivity index is 1.14. The summed E-state index contributed by atoms with van der Waals surface area (Å²) in [6, 6.07) is 31.6. The first-order valence-corrected chi connectivity index (χ1v) is 19.7. The fourth-order valence-electron chi connectivity index (χ4n) is 10.00. The number of para-hydroxylation sites is 1. The minimum Gasteiger partial charge on any atom is -0.497 e. The number of nitrogens with zero attached hydrogens (tertiary/aromatic N) is 3. The highest BCUT2D eigenvalue weighted by Crippen LogP contribution is 2.60. The summed E-state index contributed by atoms with van der Waals surface area (Å²) < 4.78 is 12.7. The van der Waals surface area contributed by atoms with E-state index in [0.717, 1.165) is 64.3 Å². The number of rotatable bonds is 9. The lowest BCUT2D eigenvalue weighted by atomic mass is 9.63. The van der Waals surface area contributed by atoms with Crippen molar-refractivity contribution >= 4 is 29.1 Å². The zero-order valence-corrected chi connectivity index (χ0v) is 32.2. The number of hydrogen-bond donors (Lipinski definition) is 1. The number of fused-ring (bicyclic) bond motifs is 3. The van der Waals surface area contributed by atoms with Crippen molar-refractivity contribution in [3.05, 3.63) is 125 Å². The highest BCUT2D eigenvalue weighted by molar-refractivity contribution is 6.07. The van der Waals surface area contributed by atoms with E-state index < -0.39 is 17.1 Å². The predicted molar refractivity (Wildman–Crippen MR) is 212 cm³/mol. The lowest BCUT2D eigenvalue weighted by Crippen LogP contribution is -2.48. The smallest absolute Gasteiger partial charge is 0.264 e. The van der Waals surface area contributed by atoms with Crippen LogP contribution in [0.1, 0.15) is 74.3 Å². The summed E-state index contributed by atoms with van der Waals surface area (Å²) in [6.45, 7) is 7.81. The minimum atomic E-state index is -1.32. The van der Waals surface area contributed by atoms with Gasteiger partial charge in [0.05, 0.1) is 44.5 Å². The van der Waals surface area contributed by atoms with E-state index in [2.05, 4.69) is 39.0 Å². The van der Waals surface area contributed by atoms with E-state index >= 15 is 4.79 Å². The molecule has 0 aromatic heterocycles. The van der Waals surface area contributed by atoms with Gasteiger partial charge in [0.2, 0.25) is 11.8 Å². The van der Waals surface area contributed by atoms with Crippen LogP contribution in [0.25, 0.3) is 0 Å². The molecule has 0 unspecified atom stereocenters. The Morgan fingerprint density at radius 2 is 1.64 bits per heavy atom. The van der Waals surface area contributed by atoms with Crippen molar-refractivity contribution in [1.29, 1.82) is 0 Å². The third-order valence-corrected chi connectivity index (χ3v) is 12.9. The molecule has 9 heteroatoms. The Morgan fingerprint density at radius 3 is 2.35 bits per heavy atom.